The molecule has 1 fully saturated rings. The average molecular weight is 391 g/mol. The number of carbonyl (C=O) groups excluding carboxylic acids is 1. The predicted octanol–water partition coefficient (Wildman–Crippen LogP) is 4.61. The lowest BCUT2D eigenvalue weighted by molar-refractivity contribution is -0.126. The lowest BCUT2D eigenvalue weighted by Crippen LogP contribution is -2.39. The second-order valence-electron chi connectivity index (χ2n) is 8.06. The predicted molar refractivity (Wildman–Crippen MR) is 115 cm³/mol. The summed E-state index contributed by atoms with van der Waals surface area (Å²) in [5.41, 5.74) is 2.06. The number of anilines is 1. The number of unbranched alkanes of at least 4 members (excludes halogenated alkanes) is 1. The van der Waals surface area contributed by atoms with Gasteiger partial charge in [-0.1, -0.05) is 25.5 Å². The fourth-order valence-corrected chi connectivity index (χ4v) is 3.32. The van der Waals surface area contributed by atoms with Gasteiger partial charge in [0.15, 0.2) is 0 Å². The van der Waals surface area contributed by atoms with E-state index >= 15 is 0 Å². The highest BCUT2D eigenvalue weighted by Gasteiger charge is 2.20. The van der Waals surface area contributed by atoms with Gasteiger partial charge in [-0.2, -0.15) is 0 Å². The molecule has 0 unspecified atom stereocenters. The van der Waals surface area contributed by atoms with Crippen molar-refractivity contribution < 1.29 is 14.3 Å². The van der Waals surface area contributed by atoms with E-state index < -0.39 is 6.10 Å². The Morgan fingerprint density at radius 1 is 1.25 bits per heavy atom. The molecule has 0 spiro atoms. The molecule has 0 bridgehead atoms. The smallest absolute Gasteiger partial charge is 0.253 e. The monoisotopic (exact) mass is 390 g/mol. The molecule has 5 heteroatoms. The maximum Gasteiger partial charge on any atom is 0.253 e. The molecule has 1 aliphatic rings. The van der Waals surface area contributed by atoms with Crippen molar-refractivity contribution >= 4 is 11.6 Å². The molecular formula is C23H38N2O3. The molecular weight excluding hydrogens is 352 g/mol. The van der Waals surface area contributed by atoms with E-state index in [9.17, 15) is 4.79 Å². The quantitative estimate of drug-likeness (QED) is 0.561. The number of ether oxygens (including phenoxy) is 2. The second-order valence-corrected chi connectivity index (χ2v) is 8.06. The maximum absolute atomic E-state index is 12.2. The Balaban J connectivity index is 1.85. The zero-order chi connectivity index (χ0) is 20.4. The molecule has 1 saturated heterocycles. The molecule has 1 aromatic carbocycles. The highest BCUT2D eigenvalue weighted by Crippen LogP contribution is 2.18. The third kappa shape index (κ3) is 7.90. The molecule has 28 heavy (non-hydrogen) atoms. The van der Waals surface area contributed by atoms with Gasteiger partial charge in [0.25, 0.3) is 5.91 Å². The third-order valence-electron chi connectivity index (χ3n) is 5.28. The number of hydrogen-bond acceptors (Lipinski definition) is 4. The number of carbonyl (C=O) groups is 1. The lowest BCUT2D eigenvalue weighted by atomic mass is 10.1. The van der Waals surface area contributed by atoms with E-state index in [1.54, 1.807) is 6.92 Å². The standard InChI is InChI=1S/C23H38N2O3/c1-5-6-14-27-19(4)23(26)24-21-12-10-20(11-13-21)16-25(18(2)3)17-22-9-7-8-15-28-22/h10-13,18-19,22H,5-9,14-17H2,1-4H3,(H,24,26)/t19-,22-/m1/s1. The Kier molecular flexibility index (Phi) is 9.96. The van der Waals surface area contributed by atoms with Crippen molar-refractivity contribution in [1.82, 2.24) is 4.90 Å². The van der Waals surface area contributed by atoms with Gasteiger partial charge in [0, 0.05) is 38.0 Å². The van der Waals surface area contributed by atoms with Crippen LogP contribution in [0, 0.1) is 0 Å². The summed E-state index contributed by atoms with van der Waals surface area (Å²) in [6.07, 6.45) is 5.58. The Labute approximate surface area is 170 Å². The number of rotatable bonds is 11. The van der Waals surface area contributed by atoms with Crippen LogP contribution < -0.4 is 5.32 Å². The lowest BCUT2D eigenvalue weighted by Gasteiger charge is -2.32. The van der Waals surface area contributed by atoms with Crippen LogP contribution in [0.2, 0.25) is 0 Å². The van der Waals surface area contributed by atoms with Crippen LogP contribution in [-0.4, -0.2) is 48.8 Å². The van der Waals surface area contributed by atoms with Crippen molar-refractivity contribution in [1.29, 1.82) is 0 Å². The first kappa shape index (κ1) is 22.9. The number of nitrogens with zero attached hydrogens (tertiary/aromatic N) is 1. The summed E-state index contributed by atoms with van der Waals surface area (Å²) in [5.74, 6) is -0.0953. The molecule has 2 atom stereocenters. The topological polar surface area (TPSA) is 50.8 Å². The van der Waals surface area contributed by atoms with Gasteiger partial charge >= 0.3 is 0 Å². The summed E-state index contributed by atoms with van der Waals surface area (Å²) in [4.78, 5) is 14.7. The zero-order valence-electron chi connectivity index (χ0n) is 18.1. The summed E-state index contributed by atoms with van der Waals surface area (Å²) in [5, 5.41) is 2.94. The zero-order valence-corrected chi connectivity index (χ0v) is 18.1. The molecule has 2 rings (SSSR count). The highest BCUT2D eigenvalue weighted by atomic mass is 16.5. The van der Waals surface area contributed by atoms with Gasteiger partial charge in [-0.15, -0.1) is 0 Å². The van der Waals surface area contributed by atoms with Crippen molar-refractivity contribution in [2.24, 2.45) is 0 Å². The molecule has 5 nitrogen and oxygen atoms in total. The van der Waals surface area contributed by atoms with E-state index in [0.29, 0.717) is 18.8 Å². The van der Waals surface area contributed by atoms with E-state index in [2.05, 4.69) is 43.1 Å². The van der Waals surface area contributed by atoms with Crippen molar-refractivity contribution in [3.63, 3.8) is 0 Å². The molecule has 1 aromatic rings. The van der Waals surface area contributed by atoms with Crippen LogP contribution in [0.25, 0.3) is 0 Å². The van der Waals surface area contributed by atoms with Crippen LogP contribution in [0.1, 0.15) is 65.4 Å². The normalized spacial score (nSPS) is 18.4. The van der Waals surface area contributed by atoms with Crippen LogP contribution >= 0.6 is 0 Å². The first-order valence-corrected chi connectivity index (χ1v) is 10.9. The van der Waals surface area contributed by atoms with Gasteiger partial charge in [-0.25, -0.2) is 0 Å². The highest BCUT2D eigenvalue weighted by molar-refractivity contribution is 5.93. The average Bonchev–Trinajstić information content (AvgIpc) is 2.69. The fraction of sp³-hybridized carbons (Fsp3) is 0.696. The Hall–Kier alpha value is -1.43. The largest absolute Gasteiger partial charge is 0.377 e. The first-order valence-electron chi connectivity index (χ1n) is 10.9. The molecule has 0 radical (unpaired) electrons. The minimum Gasteiger partial charge on any atom is -0.377 e. The summed E-state index contributed by atoms with van der Waals surface area (Å²) in [7, 11) is 0. The Bertz CT molecular complexity index is 568. The second kappa shape index (κ2) is 12.2. The third-order valence-corrected chi connectivity index (χ3v) is 5.28. The van der Waals surface area contributed by atoms with Crippen molar-refractivity contribution in [2.75, 3.05) is 25.1 Å². The first-order chi connectivity index (χ1) is 13.5. The molecule has 1 amide bonds. The minimum atomic E-state index is -0.432. The van der Waals surface area contributed by atoms with Crippen LogP contribution in [0.3, 0.4) is 0 Å². The molecule has 1 aliphatic heterocycles. The Morgan fingerprint density at radius 3 is 2.61 bits per heavy atom. The van der Waals surface area contributed by atoms with Gasteiger partial charge in [0.2, 0.25) is 0 Å². The molecule has 1 heterocycles. The number of amides is 1. The number of hydrogen-bond donors (Lipinski definition) is 1. The van der Waals surface area contributed by atoms with Crippen molar-refractivity contribution in [2.45, 2.75) is 84.6 Å². The van der Waals surface area contributed by atoms with E-state index in [1.807, 2.05) is 12.1 Å². The summed E-state index contributed by atoms with van der Waals surface area (Å²) < 4.78 is 11.5. The van der Waals surface area contributed by atoms with E-state index in [0.717, 1.165) is 44.6 Å². The number of nitrogens with one attached hydrogen (secondary N) is 1. The SMILES string of the molecule is CCCCO[C@H](C)C(=O)Nc1ccc(CN(C[C@H]2CCCCO2)C(C)C)cc1. The van der Waals surface area contributed by atoms with Crippen molar-refractivity contribution in [3.05, 3.63) is 29.8 Å². The van der Waals surface area contributed by atoms with Gasteiger partial charge < -0.3 is 14.8 Å². The van der Waals surface area contributed by atoms with E-state index in [1.165, 1.54) is 18.4 Å². The molecule has 0 aliphatic carbocycles. The van der Waals surface area contributed by atoms with Crippen LogP contribution in [-0.2, 0) is 20.8 Å². The molecule has 0 saturated carbocycles. The molecule has 158 valence electrons. The van der Waals surface area contributed by atoms with E-state index in [-0.39, 0.29) is 5.91 Å². The Morgan fingerprint density at radius 2 is 2.00 bits per heavy atom. The van der Waals surface area contributed by atoms with E-state index in [4.69, 9.17) is 9.47 Å². The van der Waals surface area contributed by atoms with Gasteiger partial charge in [0.05, 0.1) is 6.10 Å². The minimum absolute atomic E-state index is 0.0953. The fourth-order valence-electron chi connectivity index (χ4n) is 3.32. The van der Waals surface area contributed by atoms with Crippen LogP contribution in [0.5, 0.6) is 0 Å². The van der Waals surface area contributed by atoms with Gasteiger partial charge in [-0.05, 0) is 64.2 Å². The van der Waals surface area contributed by atoms with Gasteiger partial charge in [-0.3, -0.25) is 9.69 Å². The summed E-state index contributed by atoms with van der Waals surface area (Å²) in [6, 6.07) is 8.60. The van der Waals surface area contributed by atoms with Gasteiger partial charge in [0.1, 0.15) is 6.10 Å². The maximum atomic E-state index is 12.2. The number of benzene rings is 1. The van der Waals surface area contributed by atoms with Crippen molar-refractivity contribution in [3.8, 4) is 0 Å². The van der Waals surface area contributed by atoms with Crippen LogP contribution in [0.4, 0.5) is 5.69 Å². The summed E-state index contributed by atoms with van der Waals surface area (Å²) >= 11 is 0. The molecule has 1 N–H and O–H groups in total. The summed E-state index contributed by atoms with van der Waals surface area (Å²) in [6.45, 7) is 11.8. The molecule has 0 aromatic heterocycles. The van der Waals surface area contributed by atoms with Crippen LogP contribution in [0.15, 0.2) is 24.3 Å².